The number of aromatic nitrogens is 2. The summed E-state index contributed by atoms with van der Waals surface area (Å²) in [5, 5.41) is 2.79. The van der Waals surface area contributed by atoms with E-state index in [1.54, 1.807) is 38.4 Å². The van der Waals surface area contributed by atoms with E-state index in [4.69, 9.17) is 4.74 Å². The number of carbonyl (C=O) groups excluding carboxylic acids is 1. The molecule has 1 aromatic heterocycles. The van der Waals surface area contributed by atoms with Crippen molar-refractivity contribution in [1.29, 1.82) is 0 Å². The fraction of sp³-hybridized carbons (Fsp3) is 0.250. The second-order valence-corrected chi connectivity index (χ2v) is 6.20. The highest BCUT2D eigenvalue weighted by Gasteiger charge is 2.13. The molecule has 0 aliphatic heterocycles. The first-order chi connectivity index (χ1) is 13.0. The van der Waals surface area contributed by atoms with Crippen molar-refractivity contribution in [3.05, 3.63) is 74.8 Å². The number of methoxy groups -OCH3 is 1. The zero-order valence-corrected chi connectivity index (χ0v) is 15.3. The summed E-state index contributed by atoms with van der Waals surface area (Å²) in [6.07, 6.45) is 0.634. The molecule has 0 bridgehead atoms. The predicted molar refractivity (Wildman–Crippen MR) is 103 cm³/mol. The van der Waals surface area contributed by atoms with Crippen molar-refractivity contribution in [3.63, 3.8) is 0 Å². The van der Waals surface area contributed by atoms with Gasteiger partial charge in [0, 0.05) is 13.6 Å². The van der Waals surface area contributed by atoms with Crippen molar-refractivity contribution < 1.29 is 9.53 Å². The molecule has 0 spiro atoms. The number of nitrogens with zero attached hydrogens (tertiary/aromatic N) is 2. The zero-order valence-electron chi connectivity index (χ0n) is 15.3. The minimum atomic E-state index is -0.709. The second-order valence-electron chi connectivity index (χ2n) is 6.20. The first-order valence-corrected chi connectivity index (χ1v) is 8.59. The van der Waals surface area contributed by atoms with Gasteiger partial charge in [-0.3, -0.25) is 19.0 Å². The average molecular weight is 367 g/mol. The molecule has 0 aliphatic rings. The van der Waals surface area contributed by atoms with Gasteiger partial charge in [0.1, 0.15) is 12.3 Å². The maximum absolute atomic E-state index is 12.3. The van der Waals surface area contributed by atoms with Gasteiger partial charge in [-0.05, 0) is 36.2 Å². The Bertz CT molecular complexity index is 1100. The molecule has 0 saturated carbocycles. The quantitative estimate of drug-likeness (QED) is 0.661. The van der Waals surface area contributed by atoms with Crippen LogP contribution in [0.2, 0.25) is 0 Å². The number of benzene rings is 2. The first kappa shape index (κ1) is 18.4. The van der Waals surface area contributed by atoms with Crippen LogP contribution in [0.1, 0.15) is 5.56 Å². The number of fused-ring (bicyclic) bond motifs is 1. The lowest BCUT2D eigenvalue weighted by atomic mass is 10.1. The van der Waals surface area contributed by atoms with Gasteiger partial charge < -0.3 is 14.6 Å². The Kier molecular flexibility index (Phi) is 5.40. The van der Waals surface area contributed by atoms with E-state index in [1.807, 2.05) is 24.3 Å². The Morgan fingerprint density at radius 1 is 1.04 bits per heavy atom. The fourth-order valence-corrected chi connectivity index (χ4v) is 2.98. The number of aryl methyl sites for hydroxylation is 1. The fourth-order valence-electron chi connectivity index (χ4n) is 2.98. The number of amides is 1. The standard InChI is InChI=1S/C20H21N3O4/c1-22-16-8-3-4-9-17(16)23(20(26)19(22)25)13-18(24)21-11-10-14-6-5-7-15(12-14)27-2/h3-9,12H,10-11,13H2,1-2H3,(H,21,24). The topological polar surface area (TPSA) is 82.3 Å². The van der Waals surface area contributed by atoms with E-state index in [-0.39, 0.29) is 12.5 Å². The summed E-state index contributed by atoms with van der Waals surface area (Å²) in [6, 6.07) is 14.6. The summed E-state index contributed by atoms with van der Waals surface area (Å²) in [5.74, 6) is 0.440. The molecule has 0 unspecified atom stereocenters. The van der Waals surface area contributed by atoms with Crippen molar-refractivity contribution in [2.75, 3.05) is 13.7 Å². The van der Waals surface area contributed by atoms with E-state index < -0.39 is 11.1 Å². The Hall–Kier alpha value is -3.35. The SMILES string of the molecule is COc1cccc(CCNC(=O)Cn2c(=O)c(=O)n(C)c3ccccc32)c1. The Balaban J connectivity index is 1.73. The first-order valence-electron chi connectivity index (χ1n) is 8.59. The van der Waals surface area contributed by atoms with E-state index in [9.17, 15) is 14.4 Å². The van der Waals surface area contributed by atoms with Crippen molar-refractivity contribution in [2.45, 2.75) is 13.0 Å². The molecule has 27 heavy (non-hydrogen) atoms. The van der Waals surface area contributed by atoms with Gasteiger partial charge in [-0.2, -0.15) is 0 Å². The van der Waals surface area contributed by atoms with E-state index in [0.717, 1.165) is 11.3 Å². The summed E-state index contributed by atoms with van der Waals surface area (Å²) >= 11 is 0. The summed E-state index contributed by atoms with van der Waals surface area (Å²) < 4.78 is 7.70. The molecule has 3 rings (SSSR count). The van der Waals surface area contributed by atoms with Crippen LogP contribution in [0.5, 0.6) is 5.75 Å². The Morgan fingerprint density at radius 3 is 2.52 bits per heavy atom. The van der Waals surface area contributed by atoms with Crippen LogP contribution in [0.25, 0.3) is 11.0 Å². The molecule has 0 fully saturated rings. The van der Waals surface area contributed by atoms with Gasteiger partial charge in [-0.15, -0.1) is 0 Å². The molecule has 1 heterocycles. The maximum Gasteiger partial charge on any atom is 0.317 e. The molecule has 1 N–H and O–H groups in total. The number of nitrogens with one attached hydrogen (secondary N) is 1. The van der Waals surface area contributed by atoms with Gasteiger partial charge >= 0.3 is 11.1 Å². The minimum Gasteiger partial charge on any atom is -0.497 e. The third kappa shape index (κ3) is 3.92. The maximum atomic E-state index is 12.3. The van der Waals surface area contributed by atoms with Gasteiger partial charge in [-0.25, -0.2) is 0 Å². The summed E-state index contributed by atoms with van der Waals surface area (Å²) in [6.45, 7) is 0.219. The molecule has 140 valence electrons. The highest BCUT2D eigenvalue weighted by atomic mass is 16.5. The molecule has 3 aromatic rings. The lowest BCUT2D eigenvalue weighted by Crippen LogP contribution is -2.43. The Morgan fingerprint density at radius 2 is 1.78 bits per heavy atom. The molecule has 7 nitrogen and oxygen atoms in total. The normalized spacial score (nSPS) is 10.7. The molecule has 1 amide bonds. The van der Waals surface area contributed by atoms with E-state index in [2.05, 4.69) is 5.32 Å². The number of rotatable bonds is 6. The van der Waals surface area contributed by atoms with Crippen LogP contribution in [-0.4, -0.2) is 28.7 Å². The van der Waals surface area contributed by atoms with Crippen LogP contribution < -0.4 is 21.2 Å². The Labute approximate surface area is 155 Å². The molecular weight excluding hydrogens is 346 g/mol. The van der Waals surface area contributed by atoms with Crippen molar-refractivity contribution in [2.24, 2.45) is 7.05 Å². The predicted octanol–water partition coefficient (Wildman–Crippen LogP) is 1.07. The van der Waals surface area contributed by atoms with Crippen LogP contribution in [0, 0.1) is 0 Å². The molecule has 2 aromatic carbocycles. The van der Waals surface area contributed by atoms with Crippen LogP contribution in [0.3, 0.4) is 0 Å². The number of ether oxygens (including phenoxy) is 1. The summed E-state index contributed by atoms with van der Waals surface area (Å²) in [4.78, 5) is 36.8. The van der Waals surface area contributed by atoms with Crippen LogP contribution in [0.15, 0.2) is 58.1 Å². The lowest BCUT2D eigenvalue weighted by molar-refractivity contribution is -0.121. The van der Waals surface area contributed by atoms with Gasteiger partial charge in [0.2, 0.25) is 5.91 Å². The van der Waals surface area contributed by atoms with E-state index >= 15 is 0 Å². The number of para-hydroxylation sites is 2. The molecule has 0 radical (unpaired) electrons. The highest BCUT2D eigenvalue weighted by molar-refractivity contribution is 5.80. The zero-order chi connectivity index (χ0) is 19.4. The summed E-state index contributed by atoms with van der Waals surface area (Å²) in [5.41, 5.74) is 0.821. The van der Waals surface area contributed by atoms with Gasteiger partial charge in [0.15, 0.2) is 0 Å². The van der Waals surface area contributed by atoms with Crippen molar-refractivity contribution in [3.8, 4) is 5.75 Å². The molecular formula is C20H21N3O4. The summed E-state index contributed by atoms with van der Waals surface area (Å²) in [7, 11) is 3.15. The molecule has 0 atom stereocenters. The third-order valence-corrected chi connectivity index (χ3v) is 4.44. The number of hydrogen-bond acceptors (Lipinski definition) is 4. The largest absolute Gasteiger partial charge is 0.497 e. The minimum absolute atomic E-state index is 0.201. The highest BCUT2D eigenvalue weighted by Crippen LogP contribution is 2.12. The van der Waals surface area contributed by atoms with Crippen molar-refractivity contribution in [1.82, 2.24) is 14.5 Å². The van der Waals surface area contributed by atoms with Crippen LogP contribution in [-0.2, 0) is 24.8 Å². The number of carbonyl (C=O) groups is 1. The van der Waals surface area contributed by atoms with E-state index in [1.165, 1.54) is 9.13 Å². The lowest BCUT2D eigenvalue weighted by Gasteiger charge is -2.12. The van der Waals surface area contributed by atoms with E-state index in [0.29, 0.717) is 24.0 Å². The molecule has 0 aliphatic carbocycles. The second kappa shape index (κ2) is 7.90. The van der Waals surface area contributed by atoms with Gasteiger partial charge in [0.25, 0.3) is 0 Å². The number of hydrogen-bond donors (Lipinski definition) is 1. The van der Waals surface area contributed by atoms with Crippen LogP contribution >= 0.6 is 0 Å². The van der Waals surface area contributed by atoms with Gasteiger partial charge in [-0.1, -0.05) is 24.3 Å². The smallest absolute Gasteiger partial charge is 0.317 e. The molecule has 7 heteroatoms. The third-order valence-electron chi connectivity index (χ3n) is 4.44. The van der Waals surface area contributed by atoms with Crippen molar-refractivity contribution >= 4 is 16.9 Å². The average Bonchev–Trinajstić information content (AvgIpc) is 2.69. The molecule has 0 saturated heterocycles. The monoisotopic (exact) mass is 367 g/mol. The van der Waals surface area contributed by atoms with Gasteiger partial charge in [0.05, 0.1) is 18.1 Å². The van der Waals surface area contributed by atoms with Crippen LogP contribution in [0.4, 0.5) is 0 Å².